The summed E-state index contributed by atoms with van der Waals surface area (Å²) < 4.78 is 26.8. The number of hydroxylamine groups is 2. The molecule has 1 unspecified atom stereocenters. The van der Waals surface area contributed by atoms with Gasteiger partial charge in [-0.15, -0.1) is 0 Å². The Morgan fingerprint density at radius 3 is 2.95 bits per heavy atom. The normalized spacial score (nSPS) is 23.3. The number of fused-ring (bicyclic) bond motifs is 1. The van der Waals surface area contributed by atoms with Crippen LogP contribution in [0.15, 0.2) is 12.3 Å². The maximum Gasteiger partial charge on any atom is 0.248 e. The molecule has 3 rings (SSSR count). The van der Waals surface area contributed by atoms with E-state index in [0.717, 1.165) is 18.5 Å². The molecule has 122 valence electrons. The number of carbonyl (C=O) groups is 1. The summed E-state index contributed by atoms with van der Waals surface area (Å²) in [5.41, 5.74) is 0.800. The third-order valence-corrected chi connectivity index (χ3v) is 5.23. The Morgan fingerprint density at radius 1 is 1.45 bits per heavy atom. The second kappa shape index (κ2) is 5.98. The lowest BCUT2D eigenvalue weighted by Crippen LogP contribution is -2.43. The SMILES string of the molecule is CS(=O)(=O)N1Cc2ccnn2C(CC(=O)N2CCCCO2)C1. The number of rotatable bonds is 3. The fourth-order valence-corrected chi connectivity index (χ4v) is 3.66. The van der Waals surface area contributed by atoms with Crippen molar-refractivity contribution in [1.82, 2.24) is 19.1 Å². The van der Waals surface area contributed by atoms with Crippen LogP contribution in [0.5, 0.6) is 0 Å². The lowest BCUT2D eigenvalue weighted by atomic mass is 10.1. The van der Waals surface area contributed by atoms with Gasteiger partial charge in [-0.25, -0.2) is 13.5 Å². The van der Waals surface area contributed by atoms with Crippen molar-refractivity contribution in [1.29, 1.82) is 0 Å². The van der Waals surface area contributed by atoms with Crippen molar-refractivity contribution in [3.63, 3.8) is 0 Å². The van der Waals surface area contributed by atoms with Gasteiger partial charge in [-0.1, -0.05) is 0 Å². The van der Waals surface area contributed by atoms with Crippen molar-refractivity contribution in [2.45, 2.75) is 31.8 Å². The predicted octanol–water partition coefficient (Wildman–Crippen LogP) is 0.143. The largest absolute Gasteiger partial charge is 0.273 e. The third kappa shape index (κ3) is 3.16. The molecular formula is C13H20N4O4S. The van der Waals surface area contributed by atoms with Gasteiger partial charge in [0.1, 0.15) is 0 Å². The molecular weight excluding hydrogens is 308 g/mol. The zero-order chi connectivity index (χ0) is 15.7. The molecule has 2 aliphatic heterocycles. The minimum Gasteiger partial charge on any atom is -0.273 e. The van der Waals surface area contributed by atoms with Crippen molar-refractivity contribution in [2.75, 3.05) is 26.0 Å². The van der Waals surface area contributed by atoms with E-state index < -0.39 is 10.0 Å². The molecule has 1 aromatic rings. The Hall–Kier alpha value is -1.45. The average Bonchev–Trinajstić information content (AvgIpc) is 2.96. The zero-order valence-corrected chi connectivity index (χ0v) is 13.3. The minimum absolute atomic E-state index is 0.124. The van der Waals surface area contributed by atoms with Crippen LogP contribution in [-0.2, 0) is 26.2 Å². The molecule has 0 aliphatic carbocycles. The molecule has 0 bridgehead atoms. The second-order valence-corrected chi connectivity index (χ2v) is 7.70. The molecule has 0 saturated carbocycles. The number of sulfonamides is 1. The van der Waals surface area contributed by atoms with Gasteiger partial charge in [0, 0.05) is 19.3 Å². The molecule has 0 aromatic carbocycles. The summed E-state index contributed by atoms with van der Waals surface area (Å²) in [6.07, 6.45) is 4.89. The molecule has 1 atom stereocenters. The minimum atomic E-state index is -3.30. The monoisotopic (exact) mass is 328 g/mol. The number of aromatic nitrogens is 2. The molecule has 1 amide bonds. The van der Waals surface area contributed by atoms with Crippen LogP contribution >= 0.6 is 0 Å². The van der Waals surface area contributed by atoms with Crippen LogP contribution in [0.2, 0.25) is 0 Å². The van der Waals surface area contributed by atoms with Crippen molar-refractivity contribution < 1.29 is 18.0 Å². The van der Waals surface area contributed by atoms with E-state index in [0.29, 0.717) is 19.7 Å². The Morgan fingerprint density at radius 2 is 2.27 bits per heavy atom. The highest BCUT2D eigenvalue weighted by atomic mass is 32.2. The van der Waals surface area contributed by atoms with Gasteiger partial charge in [0.25, 0.3) is 0 Å². The molecule has 3 heterocycles. The zero-order valence-electron chi connectivity index (χ0n) is 12.5. The van der Waals surface area contributed by atoms with Crippen LogP contribution in [0.1, 0.15) is 31.0 Å². The predicted molar refractivity (Wildman–Crippen MR) is 78.0 cm³/mol. The summed E-state index contributed by atoms with van der Waals surface area (Å²) in [6, 6.07) is 1.48. The van der Waals surface area contributed by atoms with Gasteiger partial charge in [-0.05, 0) is 18.9 Å². The smallest absolute Gasteiger partial charge is 0.248 e. The van der Waals surface area contributed by atoms with Crippen LogP contribution in [-0.4, -0.2) is 59.4 Å². The molecule has 0 radical (unpaired) electrons. The van der Waals surface area contributed by atoms with Crippen molar-refractivity contribution in [3.8, 4) is 0 Å². The lowest BCUT2D eigenvalue weighted by molar-refractivity contribution is -0.198. The van der Waals surface area contributed by atoms with Gasteiger partial charge < -0.3 is 0 Å². The maximum absolute atomic E-state index is 12.3. The van der Waals surface area contributed by atoms with E-state index in [1.54, 1.807) is 16.9 Å². The Labute approximate surface area is 129 Å². The number of amides is 1. The van der Waals surface area contributed by atoms with Crippen molar-refractivity contribution >= 4 is 15.9 Å². The van der Waals surface area contributed by atoms with Crippen LogP contribution in [0.3, 0.4) is 0 Å². The molecule has 1 saturated heterocycles. The van der Waals surface area contributed by atoms with Gasteiger partial charge in [0.2, 0.25) is 15.9 Å². The van der Waals surface area contributed by atoms with Gasteiger partial charge in [0.15, 0.2) is 0 Å². The number of hydrogen-bond donors (Lipinski definition) is 0. The first kappa shape index (κ1) is 15.4. The summed E-state index contributed by atoms with van der Waals surface area (Å²) in [4.78, 5) is 17.7. The molecule has 22 heavy (non-hydrogen) atoms. The number of nitrogens with zero attached hydrogens (tertiary/aromatic N) is 4. The lowest BCUT2D eigenvalue weighted by Gasteiger charge is -2.33. The van der Waals surface area contributed by atoms with Crippen molar-refractivity contribution in [3.05, 3.63) is 18.0 Å². The Bertz CT molecular complexity index is 651. The highest BCUT2D eigenvalue weighted by Crippen LogP contribution is 2.25. The van der Waals surface area contributed by atoms with E-state index in [1.165, 1.54) is 15.6 Å². The summed E-state index contributed by atoms with van der Waals surface area (Å²) >= 11 is 0. The van der Waals surface area contributed by atoms with E-state index in [2.05, 4.69) is 5.10 Å². The first-order valence-corrected chi connectivity index (χ1v) is 9.21. The van der Waals surface area contributed by atoms with E-state index in [1.807, 2.05) is 0 Å². The van der Waals surface area contributed by atoms with Gasteiger partial charge in [-0.2, -0.15) is 9.40 Å². The quantitative estimate of drug-likeness (QED) is 0.788. The Balaban J connectivity index is 1.76. The van der Waals surface area contributed by atoms with E-state index in [-0.39, 0.29) is 24.9 Å². The standard InChI is InChI=1S/C13H20N4O4S/c1-22(19,20)15-9-11-4-5-14-17(11)12(10-15)8-13(18)16-6-2-3-7-21-16/h4-5,12H,2-3,6-10H2,1H3. The highest BCUT2D eigenvalue weighted by molar-refractivity contribution is 7.88. The molecule has 1 aromatic heterocycles. The Kier molecular flexibility index (Phi) is 4.20. The number of carbonyl (C=O) groups excluding carboxylic acids is 1. The van der Waals surface area contributed by atoms with Crippen LogP contribution < -0.4 is 0 Å². The third-order valence-electron chi connectivity index (χ3n) is 4.01. The molecule has 1 fully saturated rings. The van der Waals surface area contributed by atoms with Crippen LogP contribution in [0.4, 0.5) is 0 Å². The average molecular weight is 328 g/mol. The fourth-order valence-electron chi connectivity index (χ4n) is 2.85. The summed E-state index contributed by atoms with van der Waals surface area (Å²) in [6.45, 7) is 1.70. The topological polar surface area (TPSA) is 84.7 Å². The first-order valence-electron chi connectivity index (χ1n) is 7.36. The van der Waals surface area contributed by atoms with Gasteiger partial charge in [-0.3, -0.25) is 14.3 Å². The van der Waals surface area contributed by atoms with Gasteiger partial charge >= 0.3 is 0 Å². The van der Waals surface area contributed by atoms with E-state index >= 15 is 0 Å². The van der Waals surface area contributed by atoms with Gasteiger partial charge in [0.05, 0.1) is 37.6 Å². The first-order chi connectivity index (χ1) is 10.4. The molecule has 9 heteroatoms. The van der Waals surface area contributed by atoms with Crippen LogP contribution in [0.25, 0.3) is 0 Å². The summed E-state index contributed by atoms with van der Waals surface area (Å²) in [7, 11) is -3.30. The fraction of sp³-hybridized carbons (Fsp3) is 0.692. The molecule has 8 nitrogen and oxygen atoms in total. The van der Waals surface area contributed by atoms with Crippen molar-refractivity contribution in [2.24, 2.45) is 0 Å². The molecule has 2 aliphatic rings. The molecule has 0 N–H and O–H groups in total. The number of hydrogen-bond acceptors (Lipinski definition) is 5. The summed E-state index contributed by atoms with van der Waals surface area (Å²) in [5.74, 6) is -0.124. The molecule has 0 spiro atoms. The summed E-state index contributed by atoms with van der Waals surface area (Å²) in [5, 5.41) is 5.63. The highest BCUT2D eigenvalue weighted by Gasteiger charge is 2.33. The van der Waals surface area contributed by atoms with E-state index in [4.69, 9.17) is 4.84 Å². The van der Waals surface area contributed by atoms with E-state index in [9.17, 15) is 13.2 Å². The maximum atomic E-state index is 12.3. The second-order valence-electron chi connectivity index (χ2n) is 5.72. The van der Waals surface area contributed by atoms with Crippen LogP contribution in [0, 0.1) is 0 Å².